The number of carbonyl (C=O) groups is 2. The predicted molar refractivity (Wildman–Crippen MR) is 114 cm³/mol. The first-order valence-corrected chi connectivity index (χ1v) is 9.36. The van der Waals surface area contributed by atoms with Crippen molar-refractivity contribution in [1.82, 2.24) is 9.97 Å². The minimum absolute atomic E-state index is 0.174. The van der Waals surface area contributed by atoms with Gasteiger partial charge in [0.15, 0.2) is 0 Å². The van der Waals surface area contributed by atoms with Gasteiger partial charge in [-0.1, -0.05) is 36.4 Å². The molecular formula is C22H23N5O2. The van der Waals surface area contributed by atoms with E-state index in [2.05, 4.69) is 20.6 Å². The Morgan fingerprint density at radius 2 is 1.69 bits per heavy atom. The van der Waals surface area contributed by atoms with Crippen LogP contribution in [0.4, 0.5) is 17.3 Å². The highest BCUT2D eigenvalue weighted by Crippen LogP contribution is 2.17. The summed E-state index contributed by atoms with van der Waals surface area (Å²) in [6, 6.07) is 18.6. The van der Waals surface area contributed by atoms with Gasteiger partial charge in [-0.2, -0.15) is 0 Å². The van der Waals surface area contributed by atoms with Crippen molar-refractivity contribution in [2.45, 2.75) is 20.4 Å². The van der Waals surface area contributed by atoms with Gasteiger partial charge >= 0.3 is 0 Å². The van der Waals surface area contributed by atoms with Gasteiger partial charge in [0.2, 0.25) is 11.9 Å². The van der Waals surface area contributed by atoms with Gasteiger partial charge in [-0.05, 0) is 36.8 Å². The largest absolute Gasteiger partial charge is 0.337 e. The molecule has 0 saturated heterocycles. The highest BCUT2D eigenvalue weighted by molar-refractivity contribution is 6.03. The van der Waals surface area contributed by atoms with Crippen LogP contribution in [-0.4, -0.2) is 28.3 Å². The van der Waals surface area contributed by atoms with Crippen LogP contribution in [0.2, 0.25) is 0 Å². The van der Waals surface area contributed by atoms with Gasteiger partial charge in [0.05, 0.1) is 0 Å². The third kappa shape index (κ3) is 5.62. The summed E-state index contributed by atoms with van der Waals surface area (Å²) in [5.41, 5.74) is 2.59. The Morgan fingerprint density at radius 1 is 0.966 bits per heavy atom. The normalized spacial score (nSPS) is 10.3. The molecule has 7 heteroatoms. The summed E-state index contributed by atoms with van der Waals surface area (Å²) in [6.07, 6.45) is 1.58. The molecule has 0 saturated carbocycles. The lowest BCUT2D eigenvalue weighted by molar-refractivity contribution is -0.114. The lowest BCUT2D eigenvalue weighted by Gasteiger charge is -2.21. The number of amides is 2. The summed E-state index contributed by atoms with van der Waals surface area (Å²) in [5.74, 6) is -0.0209. The van der Waals surface area contributed by atoms with Crippen molar-refractivity contribution in [2.24, 2.45) is 0 Å². The zero-order chi connectivity index (χ0) is 20.6. The van der Waals surface area contributed by atoms with E-state index in [-0.39, 0.29) is 17.5 Å². The molecule has 3 aromatic rings. The van der Waals surface area contributed by atoms with E-state index in [1.165, 1.54) is 6.92 Å². The molecule has 0 aliphatic heterocycles. The number of aromatic nitrogens is 2. The van der Waals surface area contributed by atoms with Crippen molar-refractivity contribution >= 4 is 29.1 Å². The fraction of sp³-hybridized carbons (Fsp3) is 0.182. The quantitative estimate of drug-likeness (QED) is 0.643. The molecule has 0 radical (unpaired) electrons. The number of nitrogens with one attached hydrogen (secondary N) is 2. The van der Waals surface area contributed by atoms with E-state index in [9.17, 15) is 9.59 Å². The second-order valence-electron chi connectivity index (χ2n) is 6.46. The zero-order valence-corrected chi connectivity index (χ0v) is 16.4. The molecule has 148 valence electrons. The minimum Gasteiger partial charge on any atom is -0.337 e. The standard InChI is InChI=1S/C22H23N5O2/c1-3-27(15-17-8-5-4-6-9-17)22-23-13-12-20(26-22)21(29)25-19-11-7-10-18(14-19)24-16(2)28/h4-14H,3,15H2,1-2H3,(H,24,28)(H,25,29). The topological polar surface area (TPSA) is 87.2 Å². The molecule has 2 amide bonds. The van der Waals surface area contributed by atoms with E-state index in [0.717, 1.165) is 5.56 Å². The van der Waals surface area contributed by atoms with Gasteiger partial charge in [-0.3, -0.25) is 9.59 Å². The Hall–Kier alpha value is -3.74. The van der Waals surface area contributed by atoms with Crippen LogP contribution in [0.5, 0.6) is 0 Å². The van der Waals surface area contributed by atoms with Gasteiger partial charge in [0.25, 0.3) is 5.91 Å². The van der Waals surface area contributed by atoms with E-state index in [1.54, 1.807) is 36.5 Å². The van der Waals surface area contributed by atoms with Crippen LogP contribution in [0.1, 0.15) is 29.9 Å². The molecular weight excluding hydrogens is 366 g/mol. The molecule has 7 nitrogen and oxygen atoms in total. The van der Waals surface area contributed by atoms with Gasteiger partial charge < -0.3 is 15.5 Å². The average Bonchev–Trinajstić information content (AvgIpc) is 2.72. The number of anilines is 3. The van der Waals surface area contributed by atoms with Gasteiger partial charge in [-0.15, -0.1) is 0 Å². The summed E-state index contributed by atoms with van der Waals surface area (Å²) in [4.78, 5) is 34.6. The first-order valence-electron chi connectivity index (χ1n) is 9.36. The van der Waals surface area contributed by atoms with Crippen molar-refractivity contribution in [3.63, 3.8) is 0 Å². The molecule has 1 heterocycles. The van der Waals surface area contributed by atoms with Crippen molar-refractivity contribution in [2.75, 3.05) is 22.1 Å². The fourth-order valence-corrected chi connectivity index (χ4v) is 2.83. The Kier molecular flexibility index (Phi) is 6.52. The number of hydrogen-bond donors (Lipinski definition) is 2. The van der Waals surface area contributed by atoms with Crippen molar-refractivity contribution in [1.29, 1.82) is 0 Å². The molecule has 0 fully saturated rings. The second kappa shape index (κ2) is 9.45. The van der Waals surface area contributed by atoms with Crippen molar-refractivity contribution in [3.05, 3.63) is 78.1 Å². The van der Waals surface area contributed by atoms with Crippen LogP contribution in [0.25, 0.3) is 0 Å². The number of benzene rings is 2. The summed E-state index contributed by atoms with van der Waals surface area (Å²) in [5, 5.41) is 5.50. The van der Waals surface area contributed by atoms with Crippen molar-refractivity contribution < 1.29 is 9.59 Å². The van der Waals surface area contributed by atoms with Crippen LogP contribution < -0.4 is 15.5 Å². The number of hydrogen-bond acceptors (Lipinski definition) is 5. The maximum absolute atomic E-state index is 12.7. The zero-order valence-electron chi connectivity index (χ0n) is 16.4. The predicted octanol–water partition coefficient (Wildman–Crippen LogP) is 3.71. The molecule has 0 bridgehead atoms. The summed E-state index contributed by atoms with van der Waals surface area (Å²) in [6.45, 7) is 4.81. The smallest absolute Gasteiger partial charge is 0.274 e. The summed E-state index contributed by atoms with van der Waals surface area (Å²) in [7, 11) is 0. The van der Waals surface area contributed by atoms with Gasteiger partial charge in [0.1, 0.15) is 5.69 Å². The van der Waals surface area contributed by atoms with E-state index in [0.29, 0.717) is 30.4 Å². The molecule has 2 N–H and O–H groups in total. The van der Waals surface area contributed by atoms with Crippen molar-refractivity contribution in [3.8, 4) is 0 Å². The van der Waals surface area contributed by atoms with Gasteiger partial charge in [0, 0.05) is 37.6 Å². The Bertz CT molecular complexity index is 991. The SMILES string of the molecule is CCN(Cc1ccccc1)c1nccc(C(=O)Nc2cccc(NC(C)=O)c2)n1. The third-order valence-electron chi connectivity index (χ3n) is 4.20. The van der Waals surface area contributed by atoms with E-state index in [4.69, 9.17) is 0 Å². The van der Waals surface area contributed by atoms with E-state index >= 15 is 0 Å². The fourth-order valence-electron chi connectivity index (χ4n) is 2.83. The van der Waals surface area contributed by atoms with Crippen LogP contribution >= 0.6 is 0 Å². The monoisotopic (exact) mass is 389 g/mol. The average molecular weight is 389 g/mol. The lowest BCUT2D eigenvalue weighted by Crippen LogP contribution is -2.25. The molecule has 0 atom stereocenters. The number of nitrogens with zero attached hydrogens (tertiary/aromatic N) is 3. The third-order valence-corrected chi connectivity index (χ3v) is 4.20. The lowest BCUT2D eigenvalue weighted by atomic mass is 10.2. The van der Waals surface area contributed by atoms with Crippen LogP contribution in [0.15, 0.2) is 66.9 Å². The second-order valence-corrected chi connectivity index (χ2v) is 6.46. The molecule has 29 heavy (non-hydrogen) atoms. The van der Waals surface area contributed by atoms with Gasteiger partial charge in [-0.25, -0.2) is 9.97 Å². The summed E-state index contributed by atoms with van der Waals surface area (Å²) < 4.78 is 0. The Labute approximate surface area is 169 Å². The molecule has 3 rings (SSSR count). The maximum atomic E-state index is 12.7. The van der Waals surface area contributed by atoms with Crippen LogP contribution in [-0.2, 0) is 11.3 Å². The summed E-state index contributed by atoms with van der Waals surface area (Å²) >= 11 is 0. The molecule has 0 unspecified atom stereocenters. The Balaban J connectivity index is 1.74. The molecule has 0 aliphatic carbocycles. The van der Waals surface area contributed by atoms with E-state index < -0.39 is 0 Å². The molecule has 0 aliphatic rings. The highest BCUT2D eigenvalue weighted by Gasteiger charge is 2.13. The molecule has 0 spiro atoms. The van der Waals surface area contributed by atoms with Crippen LogP contribution in [0, 0.1) is 0 Å². The first-order chi connectivity index (χ1) is 14.0. The van der Waals surface area contributed by atoms with Crippen LogP contribution in [0.3, 0.4) is 0 Å². The van der Waals surface area contributed by atoms with E-state index in [1.807, 2.05) is 42.2 Å². The number of carbonyl (C=O) groups excluding carboxylic acids is 2. The first kappa shape index (κ1) is 20.0. The maximum Gasteiger partial charge on any atom is 0.274 e. The molecule has 1 aromatic heterocycles. The Morgan fingerprint density at radius 3 is 2.38 bits per heavy atom. The number of rotatable bonds is 7. The highest BCUT2D eigenvalue weighted by atomic mass is 16.2. The molecule has 2 aromatic carbocycles. The minimum atomic E-state index is -0.343.